The predicted molar refractivity (Wildman–Crippen MR) is 150 cm³/mol. The smallest absolute Gasteiger partial charge is 0.262 e. The van der Waals surface area contributed by atoms with Crippen LogP contribution in [0.3, 0.4) is 0 Å². The Hall–Kier alpha value is -3.93. The van der Waals surface area contributed by atoms with Gasteiger partial charge in [-0.3, -0.25) is 14.2 Å². The van der Waals surface area contributed by atoms with Gasteiger partial charge in [-0.25, -0.2) is 21.2 Å². The number of aryl methyl sites for hydroxylation is 2. The van der Waals surface area contributed by atoms with Crippen LogP contribution in [-0.4, -0.2) is 22.7 Å². The van der Waals surface area contributed by atoms with Crippen molar-refractivity contribution in [3.05, 3.63) is 112 Å². The lowest BCUT2D eigenvalue weighted by Gasteiger charge is -2.15. The summed E-state index contributed by atoms with van der Waals surface area (Å²) < 4.78 is 70.2. The summed E-state index contributed by atoms with van der Waals surface area (Å²) in [6.07, 6.45) is 0. The summed E-state index contributed by atoms with van der Waals surface area (Å²) in [5.41, 5.74) is 1.28. The second-order valence-corrected chi connectivity index (χ2v) is 12.4. The van der Waals surface area contributed by atoms with Crippen LogP contribution in [0, 0.1) is 19.7 Å². The Morgan fingerprint density at radius 1 is 0.744 bits per heavy atom. The molecule has 0 spiro atoms. The number of hydrogen-bond acceptors (Lipinski definition) is 5. The van der Waals surface area contributed by atoms with Crippen LogP contribution in [0.25, 0.3) is 0 Å². The lowest BCUT2D eigenvalue weighted by atomic mass is 10.1. The van der Waals surface area contributed by atoms with E-state index in [4.69, 9.17) is 11.6 Å². The van der Waals surface area contributed by atoms with E-state index in [0.717, 1.165) is 18.2 Å². The van der Waals surface area contributed by atoms with Gasteiger partial charge in [-0.15, -0.1) is 0 Å². The number of nitrogens with one attached hydrogen (secondary N) is 3. The summed E-state index contributed by atoms with van der Waals surface area (Å²) in [6, 6.07) is 19.6. The van der Waals surface area contributed by atoms with E-state index in [1.54, 1.807) is 31.2 Å². The second-order valence-electron chi connectivity index (χ2n) is 8.60. The van der Waals surface area contributed by atoms with Crippen LogP contribution in [0.4, 0.5) is 21.5 Å². The topological polar surface area (TPSA) is 121 Å². The van der Waals surface area contributed by atoms with Crippen LogP contribution in [0.2, 0.25) is 5.02 Å². The SMILES string of the molecule is Cc1ccc(S(=O)(=O)Nc2ccc(Cl)cc2)cc1NC(=O)c1ccccc1NS(=O)(=O)c1ccc(F)cc1C. The van der Waals surface area contributed by atoms with E-state index in [1.165, 1.54) is 49.4 Å². The molecule has 202 valence electrons. The minimum atomic E-state index is -4.15. The van der Waals surface area contributed by atoms with E-state index in [2.05, 4.69) is 14.8 Å². The van der Waals surface area contributed by atoms with Crippen molar-refractivity contribution in [2.75, 3.05) is 14.8 Å². The number of para-hydroxylation sites is 1. The molecule has 0 radical (unpaired) electrons. The summed E-state index contributed by atoms with van der Waals surface area (Å²) >= 11 is 5.86. The van der Waals surface area contributed by atoms with E-state index < -0.39 is 31.8 Å². The highest BCUT2D eigenvalue weighted by atomic mass is 35.5. The fourth-order valence-electron chi connectivity index (χ4n) is 3.71. The fourth-order valence-corrected chi connectivity index (χ4v) is 6.23. The molecular weight excluding hydrogens is 565 g/mol. The summed E-state index contributed by atoms with van der Waals surface area (Å²) in [4.78, 5) is 13.0. The number of hydrogen-bond donors (Lipinski definition) is 3. The van der Waals surface area contributed by atoms with Crippen LogP contribution in [0.5, 0.6) is 0 Å². The van der Waals surface area contributed by atoms with Crippen molar-refractivity contribution in [2.24, 2.45) is 0 Å². The van der Waals surface area contributed by atoms with Gasteiger partial charge in [0, 0.05) is 16.4 Å². The zero-order valence-corrected chi connectivity index (χ0v) is 23.1. The number of carbonyl (C=O) groups is 1. The van der Waals surface area contributed by atoms with Crippen LogP contribution in [0.15, 0.2) is 94.7 Å². The zero-order valence-electron chi connectivity index (χ0n) is 20.7. The van der Waals surface area contributed by atoms with Crippen LogP contribution in [-0.2, 0) is 20.0 Å². The number of amides is 1. The third kappa shape index (κ3) is 6.56. The van der Waals surface area contributed by atoms with Gasteiger partial charge in [0.2, 0.25) is 0 Å². The largest absolute Gasteiger partial charge is 0.322 e. The first-order valence-electron chi connectivity index (χ1n) is 11.4. The van der Waals surface area contributed by atoms with E-state index >= 15 is 0 Å². The highest BCUT2D eigenvalue weighted by Gasteiger charge is 2.22. The first-order valence-corrected chi connectivity index (χ1v) is 14.8. The molecule has 0 saturated carbocycles. The standard InChI is InChI=1S/C27H23ClFN3O5S2/c1-17-7-13-22(38(34,35)31-21-11-8-19(28)9-12-21)16-25(17)30-27(33)23-5-3-4-6-24(23)32-39(36,37)26-14-10-20(29)15-18(26)2/h3-16,31-32H,1-2H3,(H,30,33). The van der Waals surface area contributed by atoms with Gasteiger partial charge in [0.25, 0.3) is 26.0 Å². The Morgan fingerprint density at radius 3 is 2.13 bits per heavy atom. The lowest BCUT2D eigenvalue weighted by Crippen LogP contribution is -2.20. The Bertz CT molecular complexity index is 1780. The molecule has 0 atom stereocenters. The van der Waals surface area contributed by atoms with Crippen molar-refractivity contribution in [3.8, 4) is 0 Å². The van der Waals surface area contributed by atoms with Crippen molar-refractivity contribution in [2.45, 2.75) is 23.6 Å². The lowest BCUT2D eigenvalue weighted by molar-refractivity contribution is 0.102. The van der Waals surface area contributed by atoms with Gasteiger partial charge in [0.15, 0.2) is 0 Å². The maximum Gasteiger partial charge on any atom is 0.262 e. The van der Waals surface area contributed by atoms with Crippen molar-refractivity contribution in [1.29, 1.82) is 0 Å². The molecule has 12 heteroatoms. The average molecular weight is 588 g/mol. The monoisotopic (exact) mass is 587 g/mol. The minimum Gasteiger partial charge on any atom is -0.322 e. The Balaban J connectivity index is 1.60. The molecule has 4 aromatic carbocycles. The summed E-state index contributed by atoms with van der Waals surface area (Å²) in [5.74, 6) is -1.25. The van der Waals surface area contributed by atoms with Crippen LogP contribution < -0.4 is 14.8 Å². The second kappa shape index (κ2) is 11.0. The van der Waals surface area contributed by atoms with Crippen LogP contribution in [0.1, 0.15) is 21.5 Å². The number of benzene rings is 4. The molecule has 0 aliphatic carbocycles. The molecule has 0 unspecified atom stereocenters. The van der Waals surface area contributed by atoms with Gasteiger partial charge in [-0.2, -0.15) is 0 Å². The Labute approximate surface area is 230 Å². The summed E-state index contributed by atoms with van der Waals surface area (Å²) in [5, 5.41) is 3.11. The summed E-state index contributed by atoms with van der Waals surface area (Å²) in [6.45, 7) is 3.15. The molecule has 0 bridgehead atoms. The highest BCUT2D eigenvalue weighted by Crippen LogP contribution is 2.26. The highest BCUT2D eigenvalue weighted by molar-refractivity contribution is 7.93. The van der Waals surface area contributed by atoms with Gasteiger partial charge in [-0.05, 0) is 91.7 Å². The van der Waals surface area contributed by atoms with Crippen molar-refractivity contribution < 1.29 is 26.0 Å². The molecule has 0 aliphatic heterocycles. The molecule has 4 rings (SSSR count). The first kappa shape index (κ1) is 28.1. The molecular formula is C27H23ClFN3O5S2. The molecule has 3 N–H and O–H groups in total. The van der Waals surface area contributed by atoms with Crippen molar-refractivity contribution >= 4 is 54.6 Å². The normalized spacial score (nSPS) is 11.6. The number of anilines is 3. The van der Waals surface area contributed by atoms with E-state index in [9.17, 15) is 26.0 Å². The van der Waals surface area contributed by atoms with Crippen molar-refractivity contribution in [1.82, 2.24) is 0 Å². The average Bonchev–Trinajstić information content (AvgIpc) is 2.86. The van der Waals surface area contributed by atoms with Gasteiger partial charge in [-0.1, -0.05) is 29.8 Å². The maximum absolute atomic E-state index is 13.5. The van der Waals surface area contributed by atoms with Gasteiger partial charge in [0.05, 0.1) is 21.0 Å². The number of sulfonamides is 2. The summed E-state index contributed by atoms with van der Waals surface area (Å²) in [7, 11) is -8.15. The molecule has 0 saturated heterocycles. The number of rotatable bonds is 8. The quantitative estimate of drug-likeness (QED) is 0.235. The first-order chi connectivity index (χ1) is 18.4. The van der Waals surface area contributed by atoms with Gasteiger partial charge in [0.1, 0.15) is 5.82 Å². The van der Waals surface area contributed by atoms with Crippen molar-refractivity contribution in [3.63, 3.8) is 0 Å². The molecule has 8 nitrogen and oxygen atoms in total. The predicted octanol–water partition coefficient (Wildman–Crippen LogP) is 5.95. The zero-order chi connectivity index (χ0) is 28.4. The number of carbonyl (C=O) groups excluding carboxylic acids is 1. The molecule has 39 heavy (non-hydrogen) atoms. The van der Waals surface area contributed by atoms with Gasteiger partial charge < -0.3 is 5.32 Å². The third-order valence-electron chi connectivity index (χ3n) is 5.71. The molecule has 0 aromatic heterocycles. The molecule has 4 aromatic rings. The molecule has 0 aliphatic rings. The third-order valence-corrected chi connectivity index (χ3v) is 8.86. The molecule has 0 fully saturated rings. The molecule has 1 amide bonds. The minimum absolute atomic E-state index is 0.00668. The Kier molecular flexibility index (Phi) is 7.96. The van der Waals surface area contributed by atoms with E-state index in [-0.39, 0.29) is 32.3 Å². The Morgan fingerprint density at radius 2 is 1.44 bits per heavy atom. The van der Waals surface area contributed by atoms with Gasteiger partial charge >= 0.3 is 0 Å². The maximum atomic E-state index is 13.5. The fraction of sp³-hybridized carbons (Fsp3) is 0.0741. The number of halogens is 2. The van der Waals surface area contributed by atoms with E-state index in [1.807, 2.05) is 0 Å². The molecule has 0 heterocycles. The van der Waals surface area contributed by atoms with Crippen LogP contribution >= 0.6 is 11.6 Å². The van der Waals surface area contributed by atoms with E-state index in [0.29, 0.717) is 16.3 Å².